The quantitative estimate of drug-likeness (QED) is 0.453. The summed E-state index contributed by atoms with van der Waals surface area (Å²) in [7, 11) is 0. The lowest BCUT2D eigenvalue weighted by molar-refractivity contribution is -0.266. The Balaban J connectivity index is 1.70. The lowest BCUT2D eigenvalue weighted by Crippen LogP contribution is -2.51. The first-order valence-electron chi connectivity index (χ1n) is 10.5. The van der Waals surface area contributed by atoms with Crippen molar-refractivity contribution < 1.29 is 27.8 Å². The average Bonchev–Trinajstić information content (AvgIpc) is 3.30. The summed E-state index contributed by atoms with van der Waals surface area (Å²) in [6.07, 6.45) is -5.58. The van der Waals surface area contributed by atoms with E-state index in [1.165, 1.54) is 19.1 Å². The van der Waals surface area contributed by atoms with Gasteiger partial charge >= 0.3 is 6.18 Å². The predicted molar refractivity (Wildman–Crippen MR) is 119 cm³/mol. The maximum absolute atomic E-state index is 14.2. The van der Waals surface area contributed by atoms with E-state index < -0.39 is 30.0 Å². The molecule has 1 aliphatic rings. The number of halogens is 4. The second-order valence-electron chi connectivity index (χ2n) is 9.29. The summed E-state index contributed by atoms with van der Waals surface area (Å²) >= 11 is 6.23. The summed E-state index contributed by atoms with van der Waals surface area (Å²) in [6.45, 7) is 5.08. The zero-order valence-electron chi connectivity index (χ0n) is 18.4. The van der Waals surface area contributed by atoms with Crippen molar-refractivity contribution in [3.63, 3.8) is 0 Å². The van der Waals surface area contributed by atoms with Crippen LogP contribution in [0, 0.1) is 0 Å². The van der Waals surface area contributed by atoms with Gasteiger partial charge in [-0.15, -0.1) is 0 Å². The molecule has 5 nitrogen and oxygen atoms in total. The molecule has 2 N–H and O–H groups in total. The van der Waals surface area contributed by atoms with E-state index in [2.05, 4.69) is 9.97 Å². The number of fused-ring (bicyclic) bond motifs is 2. The number of pyridine rings is 1. The zero-order valence-corrected chi connectivity index (χ0v) is 19.2. The molecular weight excluding hydrogens is 457 g/mol. The molecule has 0 saturated carbocycles. The SMILES string of the molecule is CC(=O)c1ccc2[nH]c(CC(O)(CC(C)(C)c3cc(Cl)cc4c3OCC4)C(F)(F)F)cc2n1. The Hall–Kier alpha value is -2.58. The Morgan fingerprint density at radius 3 is 2.64 bits per heavy atom. The number of alkyl halides is 3. The van der Waals surface area contributed by atoms with Gasteiger partial charge in [0.05, 0.1) is 17.6 Å². The lowest BCUT2D eigenvalue weighted by Gasteiger charge is -2.38. The second-order valence-corrected chi connectivity index (χ2v) is 9.72. The van der Waals surface area contributed by atoms with Crippen LogP contribution in [0.4, 0.5) is 13.2 Å². The van der Waals surface area contributed by atoms with E-state index in [0.29, 0.717) is 40.4 Å². The van der Waals surface area contributed by atoms with Crippen LogP contribution in [0.25, 0.3) is 11.0 Å². The van der Waals surface area contributed by atoms with Crippen molar-refractivity contribution in [3.8, 4) is 5.75 Å². The van der Waals surface area contributed by atoms with Gasteiger partial charge in [-0.25, -0.2) is 4.98 Å². The monoisotopic (exact) mass is 480 g/mol. The van der Waals surface area contributed by atoms with Gasteiger partial charge < -0.3 is 14.8 Å². The normalized spacial score (nSPS) is 15.9. The molecule has 1 aromatic carbocycles. The molecule has 3 aromatic rings. The standard InChI is InChI=1S/C24H24ClF3N2O3/c1-13(31)18-4-5-19-20(30-18)10-16(29-19)11-23(32,24(26,27)28)12-22(2,3)17-9-15(25)8-14-6-7-33-21(14)17/h4-5,8-10,29,32H,6-7,11-12H2,1-3H3. The number of aliphatic hydroxyl groups is 1. The number of rotatable bonds is 6. The smallest absolute Gasteiger partial charge is 0.417 e. The fraction of sp³-hybridized carbons (Fsp3) is 0.417. The van der Waals surface area contributed by atoms with Crippen LogP contribution in [0.3, 0.4) is 0 Å². The van der Waals surface area contributed by atoms with Gasteiger partial charge in [-0.2, -0.15) is 13.2 Å². The second kappa shape index (κ2) is 8.02. The molecule has 0 fully saturated rings. The maximum Gasteiger partial charge on any atom is 0.417 e. The Labute approximate surface area is 193 Å². The van der Waals surface area contributed by atoms with E-state index in [4.69, 9.17) is 16.3 Å². The van der Waals surface area contributed by atoms with Crippen molar-refractivity contribution in [2.45, 2.75) is 57.2 Å². The van der Waals surface area contributed by atoms with Crippen molar-refractivity contribution in [3.05, 3.63) is 57.9 Å². The molecule has 0 saturated heterocycles. The number of hydrogen-bond donors (Lipinski definition) is 2. The molecule has 0 amide bonds. The molecule has 1 aliphatic heterocycles. The number of carbonyl (C=O) groups excluding carboxylic acids is 1. The number of ether oxygens (including phenoxy) is 1. The van der Waals surface area contributed by atoms with Crippen LogP contribution in [0.5, 0.6) is 5.75 Å². The van der Waals surface area contributed by atoms with Crippen molar-refractivity contribution in [2.75, 3.05) is 6.61 Å². The minimum Gasteiger partial charge on any atom is -0.493 e. The van der Waals surface area contributed by atoms with Crippen molar-refractivity contribution in [2.24, 2.45) is 0 Å². The van der Waals surface area contributed by atoms with Gasteiger partial charge in [0.1, 0.15) is 11.4 Å². The molecule has 9 heteroatoms. The molecule has 176 valence electrons. The fourth-order valence-corrected chi connectivity index (χ4v) is 4.77. The minimum absolute atomic E-state index is 0.168. The van der Waals surface area contributed by atoms with E-state index in [9.17, 15) is 23.1 Å². The molecule has 1 atom stereocenters. The largest absolute Gasteiger partial charge is 0.493 e. The van der Waals surface area contributed by atoms with E-state index in [-0.39, 0.29) is 17.2 Å². The number of nitrogens with one attached hydrogen (secondary N) is 1. The van der Waals surface area contributed by atoms with Gasteiger partial charge in [-0.1, -0.05) is 25.4 Å². The van der Waals surface area contributed by atoms with E-state index in [1.54, 1.807) is 32.0 Å². The van der Waals surface area contributed by atoms with E-state index >= 15 is 0 Å². The number of H-pyrrole nitrogens is 1. The Kier molecular flexibility index (Phi) is 5.73. The van der Waals surface area contributed by atoms with Crippen molar-refractivity contribution >= 4 is 28.4 Å². The summed E-state index contributed by atoms with van der Waals surface area (Å²) in [4.78, 5) is 18.6. The Morgan fingerprint density at radius 1 is 1.24 bits per heavy atom. The van der Waals surface area contributed by atoms with Crippen LogP contribution in [-0.4, -0.2) is 39.2 Å². The van der Waals surface area contributed by atoms with Crippen LogP contribution in [-0.2, 0) is 18.3 Å². The first-order chi connectivity index (χ1) is 15.3. The first kappa shape index (κ1) is 23.6. The summed E-state index contributed by atoms with van der Waals surface area (Å²) in [5.41, 5.74) is -1.51. The number of Topliss-reactive ketones (excluding diaryl/α,β-unsaturated/α-hetero) is 1. The van der Waals surface area contributed by atoms with Gasteiger partial charge in [-0.3, -0.25) is 4.79 Å². The minimum atomic E-state index is -4.90. The number of nitrogens with zero attached hydrogens (tertiary/aromatic N) is 1. The number of benzene rings is 1. The average molecular weight is 481 g/mol. The molecule has 33 heavy (non-hydrogen) atoms. The lowest BCUT2D eigenvalue weighted by atomic mass is 9.73. The van der Waals surface area contributed by atoms with Gasteiger partial charge in [0.25, 0.3) is 0 Å². The third-order valence-electron chi connectivity index (χ3n) is 6.11. The van der Waals surface area contributed by atoms with E-state index in [1.807, 2.05) is 0 Å². The fourth-order valence-electron chi connectivity index (χ4n) is 4.53. The Bertz CT molecular complexity index is 1240. The summed E-state index contributed by atoms with van der Waals surface area (Å²) in [5, 5.41) is 11.4. The molecule has 0 bridgehead atoms. The highest BCUT2D eigenvalue weighted by atomic mass is 35.5. The van der Waals surface area contributed by atoms with Crippen molar-refractivity contribution in [1.29, 1.82) is 0 Å². The predicted octanol–water partition coefficient (Wildman–Crippen LogP) is 5.56. The summed E-state index contributed by atoms with van der Waals surface area (Å²) < 4.78 is 48.4. The van der Waals surface area contributed by atoms with Crippen molar-refractivity contribution in [1.82, 2.24) is 9.97 Å². The molecule has 4 rings (SSSR count). The van der Waals surface area contributed by atoms with Crippen LogP contribution in [0.2, 0.25) is 5.02 Å². The highest BCUT2D eigenvalue weighted by Gasteiger charge is 2.56. The third kappa shape index (κ3) is 4.46. The first-order valence-corrected chi connectivity index (χ1v) is 10.9. The number of aromatic nitrogens is 2. The molecule has 2 aromatic heterocycles. The molecule has 0 spiro atoms. The Morgan fingerprint density at radius 2 is 1.97 bits per heavy atom. The molecule has 3 heterocycles. The van der Waals surface area contributed by atoms with Gasteiger partial charge in [0, 0.05) is 36.0 Å². The number of hydrogen-bond acceptors (Lipinski definition) is 4. The molecular formula is C24H24ClF3N2O3. The third-order valence-corrected chi connectivity index (χ3v) is 6.33. The van der Waals surface area contributed by atoms with Gasteiger partial charge in [0.15, 0.2) is 11.4 Å². The van der Waals surface area contributed by atoms with Crippen LogP contribution in [0.1, 0.15) is 54.5 Å². The zero-order chi connectivity index (χ0) is 24.2. The highest BCUT2D eigenvalue weighted by Crippen LogP contribution is 2.47. The van der Waals surface area contributed by atoms with Crippen LogP contribution >= 0.6 is 11.6 Å². The molecule has 0 aliphatic carbocycles. The molecule has 0 radical (unpaired) electrons. The van der Waals surface area contributed by atoms with Gasteiger partial charge in [-0.05, 0) is 47.7 Å². The van der Waals surface area contributed by atoms with Gasteiger partial charge in [0.2, 0.25) is 0 Å². The van der Waals surface area contributed by atoms with Crippen LogP contribution < -0.4 is 4.74 Å². The number of ketones is 1. The van der Waals surface area contributed by atoms with Crippen LogP contribution in [0.15, 0.2) is 30.3 Å². The number of carbonyl (C=O) groups is 1. The summed E-state index contributed by atoms with van der Waals surface area (Å²) in [5.74, 6) is 0.296. The topological polar surface area (TPSA) is 75.2 Å². The maximum atomic E-state index is 14.2. The number of aromatic amines is 1. The summed E-state index contributed by atoms with van der Waals surface area (Å²) in [6, 6.07) is 7.89. The highest BCUT2D eigenvalue weighted by molar-refractivity contribution is 6.30. The molecule has 1 unspecified atom stereocenters. The van der Waals surface area contributed by atoms with E-state index in [0.717, 1.165) is 5.56 Å².